The van der Waals surface area contributed by atoms with Crippen LogP contribution in [0.1, 0.15) is 57.0 Å². The fourth-order valence-corrected chi connectivity index (χ4v) is 7.14. The second-order valence-electron chi connectivity index (χ2n) is 13.8. The quantitative estimate of drug-likeness (QED) is 0.0814. The van der Waals surface area contributed by atoms with Crippen LogP contribution in [0.5, 0.6) is 0 Å². The van der Waals surface area contributed by atoms with E-state index in [1.807, 2.05) is 54.6 Å². The van der Waals surface area contributed by atoms with Crippen LogP contribution in [-0.4, -0.2) is 59.6 Å². The first-order valence-electron chi connectivity index (χ1n) is 18.2. The number of carbonyl (C=O) groups excluding carboxylic acids is 1. The first kappa shape index (κ1) is 38.3. The van der Waals surface area contributed by atoms with Gasteiger partial charge in [-0.25, -0.2) is 22.0 Å². The van der Waals surface area contributed by atoms with Crippen molar-refractivity contribution < 1.29 is 41.3 Å². The largest absolute Gasteiger partial charge is 0.392 e. The molecule has 2 heterocycles. The number of rotatable bonds is 11. The van der Waals surface area contributed by atoms with E-state index in [-0.39, 0.29) is 25.4 Å². The van der Waals surface area contributed by atoms with Gasteiger partial charge in [0, 0.05) is 57.8 Å². The number of halogens is 5. The molecule has 7 nitrogen and oxygen atoms in total. The molecule has 2 N–H and O–H groups in total. The van der Waals surface area contributed by atoms with Crippen LogP contribution in [0.15, 0.2) is 103 Å². The lowest BCUT2D eigenvalue weighted by Gasteiger charge is -2.40. The maximum absolute atomic E-state index is 14.3. The summed E-state index contributed by atoms with van der Waals surface area (Å²) in [7, 11) is 0. The number of hydrogen-bond donors (Lipinski definition) is 2. The fourth-order valence-electron chi connectivity index (χ4n) is 7.14. The number of amides is 1. The second-order valence-corrected chi connectivity index (χ2v) is 13.8. The Kier molecular flexibility index (Phi) is 12.0. The van der Waals surface area contributed by atoms with E-state index in [0.717, 1.165) is 61.5 Å². The lowest BCUT2D eigenvalue weighted by atomic mass is 9.97. The van der Waals surface area contributed by atoms with Crippen LogP contribution in [-0.2, 0) is 29.2 Å². The number of benzene rings is 5. The molecule has 0 aliphatic carbocycles. The molecule has 3 atom stereocenters. The molecule has 1 amide bonds. The van der Waals surface area contributed by atoms with Gasteiger partial charge in [-0.2, -0.15) is 0 Å². The molecule has 0 aromatic heterocycles. The number of ether oxygens (including phenoxy) is 2. The van der Waals surface area contributed by atoms with E-state index in [4.69, 9.17) is 9.47 Å². The highest BCUT2D eigenvalue weighted by atomic mass is 19.2. The third-order valence-corrected chi connectivity index (χ3v) is 10.2. The van der Waals surface area contributed by atoms with Gasteiger partial charge in [0.05, 0.1) is 18.8 Å². The van der Waals surface area contributed by atoms with Crippen LogP contribution in [0.25, 0.3) is 11.1 Å². The highest BCUT2D eigenvalue weighted by Gasteiger charge is 2.34. The van der Waals surface area contributed by atoms with E-state index >= 15 is 0 Å². The summed E-state index contributed by atoms with van der Waals surface area (Å²) >= 11 is 0. The molecule has 2 fully saturated rings. The maximum atomic E-state index is 14.3. The highest BCUT2D eigenvalue weighted by Crippen LogP contribution is 2.39. The SMILES string of the molecule is O=C(NCc1ccccc1-c1ccc(C2OC(CN3CCN(Cc4ccccc4)CC3)CC(c3ccc(CO)cc3)O2)cc1)c1c(F)c(F)c(F)c(F)c1F. The maximum Gasteiger partial charge on any atom is 0.257 e. The Balaban J connectivity index is 1.05. The topological polar surface area (TPSA) is 74.3 Å². The summed E-state index contributed by atoms with van der Waals surface area (Å²) in [5.74, 6) is -12.5. The number of piperazine rings is 1. The van der Waals surface area contributed by atoms with Gasteiger partial charge in [0.2, 0.25) is 5.82 Å². The number of nitrogens with zero attached hydrogens (tertiary/aromatic N) is 2. The number of hydrogen-bond acceptors (Lipinski definition) is 6. The summed E-state index contributed by atoms with van der Waals surface area (Å²) in [4.78, 5) is 17.5. The summed E-state index contributed by atoms with van der Waals surface area (Å²) in [6.07, 6.45) is -0.395. The van der Waals surface area contributed by atoms with Gasteiger partial charge in [-0.15, -0.1) is 0 Å². The molecule has 5 aromatic rings. The van der Waals surface area contributed by atoms with Gasteiger partial charge >= 0.3 is 0 Å². The Morgan fingerprint density at radius 2 is 1.27 bits per heavy atom. The molecule has 7 rings (SSSR count). The van der Waals surface area contributed by atoms with E-state index in [0.29, 0.717) is 17.5 Å². The summed E-state index contributed by atoms with van der Waals surface area (Å²) in [6, 6.07) is 32.7. The van der Waals surface area contributed by atoms with Crippen molar-refractivity contribution in [2.24, 2.45) is 0 Å². The Hall–Kier alpha value is -4.98. The molecule has 2 saturated heterocycles. The number of carbonyl (C=O) groups is 1. The predicted molar refractivity (Wildman–Crippen MR) is 196 cm³/mol. The zero-order chi connectivity index (χ0) is 38.5. The van der Waals surface area contributed by atoms with Crippen molar-refractivity contribution in [2.75, 3.05) is 32.7 Å². The van der Waals surface area contributed by atoms with Gasteiger partial charge in [0.15, 0.2) is 29.6 Å². The second kappa shape index (κ2) is 17.2. The lowest BCUT2D eigenvalue weighted by Crippen LogP contribution is -2.49. The molecule has 0 spiro atoms. The number of nitrogens with one attached hydrogen (secondary N) is 1. The summed E-state index contributed by atoms with van der Waals surface area (Å²) in [5, 5.41) is 11.9. The Labute approximate surface area is 315 Å². The highest BCUT2D eigenvalue weighted by molar-refractivity contribution is 5.95. The number of aliphatic hydroxyl groups excluding tert-OH is 1. The van der Waals surface area contributed by atoms with Gasteiger partial charge in [-0.1, -0.05) is 103 Å². The van der Waals surface area contributed by atoms with Crippen molar-refractivity contribution in [1.29, 1.82) is 0 Å². The molecule has 2 aliphatic rings. The van der Waals surface area contributed by atoms with Gasteiger partial charge in [0.25, 0.3) is 5.91 Å². The van der Waals surface area contributed by atoms with Crippen molar-refractivity contribution >= 4 is 5.91 Å². The normalized spacial score (nSPS) is 19.3. The van der Waals surface area contributed by atoms with E-state index < -0.39 is 46.8 Å². The predicted octanol–water partition coefficient (Wildman–Crippen LogP) is 7.83. The van der Waals surface area contributed by atoms with Crippen LogP contribution >= 0.6 is 0 Å². The smallest absolute Gasteiger partial charge is 0.257 e. The van der Waals surface area contributed by atoms with Gasteiger partial charge in [-0.3, -0.25) is 14.6 Å². The lowest BCUT2D eigenvalue weighted by molar-refractivity contribution is -0.253. The van der Waals surface area contributed by atoms with Crippen LogP contribution in [0, 0.1) is 29.1 Å². The van der Waals surface area contributed by atoms with Gasteiger partial charge < -0.3 is 19.9 Å². The van der Waals surface area contributed by atoms with Gasteiger partial charge in [-0.05, 0) is 33.4 Å². The van der Waals surface area contributed by atoms with Crippen LogP contribution in [0.2, 0.25) is 0 Å². The molecule has 12 heteroatoms. The molecule has 0 radical (unpaired) electrons. The van der Waals surface area contributed by atoms with Crippen LogP contribution in [0.4, 0.5) is 22.0 Å². The zero-order valence-electron chi connectivity index (χ0n) is 29.9. The van der Waals surface area contributed by atoms with Crippen molar-refractivity contribution in [2.45, 2.75) is 44.6 Å². The molecule has 2 aliphatic heterocycles. The first-order chi connectivity index (χ1) is 26.7. The van der Waals surface area contributed by atoms with E-state index in [9.17, 15) is 31.9 Å². The molecular weight excluding hydrogens is 717 g/mol. The van der Waals surface area contributed by atoms with Crippen molar-refractivity contribution in [3.63, 3.8) is 0 Å². The van der Waals surface area contributed by atoms with E-state index in [1.54, 1.807) is 24.3 Å². The first-order valence-corrected chi connectivity index (χ1v) is 18.2. The molecule has 0 bridgehead atoms. The summed E-state index contributed by atoms with van der Waals surface area (Å²) in [5.41, 5.74) is 4.32. The van der Waals surface area contributed by atoms with Crippen LogP contribution in [0.3, 0.4) is 0 Å². The average molecular weight is 758 g/mol. The van der Waals surface area contributed by atoms with E-state index in [2.05, 4.69) is 39.4 Å². The monoisotopic (exact) mass is 757 g/mol. The van der Waals surface area contributed by atoms with Gasteiger partial charge in [0.1, 0.15) is 5.56 Å². The molecular formula is C43H40F5N3O4. The Bertz CT molecular complexity index is 2070. The minimum Gasteiger partial charge on any atom is -0.392 e. The molecule has 286 valence electrons. The third-order valence-electron chi connectivity index (χ3n) is 10.2. The summed E-state index contributed by atoms with van der Waals surface area (Å²) < 4.78 is 82.7. The van der Waals surface area contributed by atoms with Crippen molar-refractivity contribution in [1.82, 2.24) is 15.1 Å². The van der Waals surface area contributed by atoms with E-state index in [1.165, 1.54) is 5.56 Å². The minimum absolute atomic E-state index is 0.0520. The van der Waals surface area contributed by atoms with Crippen molar-refractivity contribution in [3.8, 4) is 11.1 Å². The van der Waals surface area contributed by atoms with Crippen LogP contribution < -0.4 is 5.32 Å². The molecule has 55 heavy (non-hydrogen) atoms. The Morgan fingerprint density at radius 1 is 0.673 bits per heavy atom. The average Bonchev–Trinajstić information content (AvgIpc) is 3.22. The van der Waals surface area contributed by atoms with Crippen molar-refractivity contribution in [3.05, 3.63) is 166 Å². The third kappa shape index (κ3) is 8.79. The fraction of sp³-hybridized carbons (Fsp3) is 0.279. The minimum atomic E-state index is -2.33. The molecule has 3 unspecified atom stereocenters. The zero-order valence-corrected chi connectivity index (χ0v) is 29.9. The number of aliphatic hydroxyl groups is 1. The summed E-state index contributed by atoms with van der Waals surface area (Å²) in [6.45, 7) is 5.12. The standard InChI is InChI=1S/C43H40F5N3O4/c44-37-36(38(45)40(47)41(48)39(37)46)42(53)49-23-32-8-4-5-9-34(32)29-14-16-31(17-15-29)43-54-33(22-35(55-43)30-12-10-28(26-52)11-13-30)25-51-20-18-50(19-21-51)24-27-6-2-1-3-7-27/h1-17,33,35,43,52H,18-26H2,(H,49,53). The Morgan fingerprint density at radius 3 is 1.95 bits per heavy atom. The molecule has 0 saturated carbocycles. The molecule has 5 aromatic carbocycles.